The highest BCUT2D eigenvalue weighted by Gasteiger charge is 2.33. The van der Waals surface area contributed by atoms with Gasteiger partial charge in [-0.15, -0.1) is 0 Å². The molecule has 1 atom stereocenters. The van der Waals surface area contributed by atoms with E-state index >= 15 is 0 Å². The molecule has 3 aromatic rings. The van der Waals surface area contributed by atoms with Crippen LogP contribution in [0, 0.1) is 0 Å². The molecule has 0 aliphatic carbocycles. The van der Waals surface area contributed by atoms with Crippen LogP contribution < -0.4 is 19.6 Å². The Morgan fingerprint density at radius 1 is 1.31 bits per heavy atom. The summed E-state index contributed by atoms with van der Waals surface area (Å²) in [7, 11) is 0. The van der Waals surface area contributed by atoms with E-state index in [0.29, 0.717) is 42.0 Å². The normalized spacial score (nSPS) is 15.6. The molecule has 0 bridgehead atoms. The number of carbonyl (C=O) groups is 1. The Morgan fingerprint density at radius 2 is 2.00 bits per heavy atom. The predicted molar refractivity (Wildman–Crippen MR) is 143 cm³/mol. The molecule has 2 heterocycles. The number of rotatable bonds is 6. The fraction of sp³-hybridized carbons (Fsp3) is 0.269. The molecule has 0 spiro atoms. The summed E-state index contributed by atoms with van der Waals surface area (Å²) in [6.45, 7) is 7.52. The zero-order valence-electron chi connectivity index (χ0n) is 20.0. The van der Waals surface area contributed by atoms with Crippen LogP contribution in [0.15, 0.2) is 61.9 Å². The zero-order valence-corrected chi connectivity index (χ0v) is 23.2. The number of fused-ring (bicyclic) bond motifs is 1. The smallest absolute Gasteiger partial charge is 0.338 e. The quantitative estimate of drug-likeness (QED) is 0.420. The van der Waals surface area contributed by atoms with Gasteiger partial charge in [0.25, 0.3) is 5.56 Å². The van der Waals surface area contributed by atoms with Gasteiger partial charge in [0.1, 0.15) is 11.5 Å². The number of aromatic hydroxyl groups is 1. The number of aromatic nitrogens is 1. The first-order chi connectivity index (χ1) is 17.1. The maximum atomic E-state index is 13.7. The van der Waals surface area contributed by atoms with E-state index in [1.165, 1.54) is 15.9 Å². The summed E-state index contributed by atoms with van der Waals surface area (Å²) in [5.41, 5.74) is 1.51. The molecule has 1 N–H and O–H groups in total. The minimum atomic E-state index is -0.741. The van der Waals surface area contributed by atoms with E-state index in [2.05, 4.69) is 20.9 Å². The fourth-order valence-corrected chi connectivity index (χ4v) is 5.82. The number of nitrogens with zero attached hydrogens (tertiary/aromatic N) is 2. The van der Waals surface area contributed by atoms with Crippen LogP contribution in [0.4, 0.5) is 0 Å². The number of hydrogen-bond acceptors (Lipinski definition) is 7. The number of carbonyl (C=O) groups excluding carboxylic acids is 1. The molecule has 0 saturated heterocycles. The van der Waals surface area contributed by atoms with E-state index in [9.17, 15) is 14.7 Å². The molecule has 0 fully saturated rings. The maximum Gasteiger partial charge on any atom is 0.338 e. The minimum absolute atomic E-state index is 0.00805. The molecule has 0 unspecified atom stereocenters. The fourth-order valence-electron chi connectivity index (χ4n) is 3.94. The second-order valence-corrected chi connectivity index (χ2v) is 10.7. The first-order valence-electron chi connectivity index (χ1n) is 11.2. The average molecular weight is 592 g/mol. The Bertz CT molecular complexity index is 1540. The highest BCUT2D eigenvalue weighted by atomic mass is 79.9. The molecule has 0 saturated carbocycles. The molecule has 1 aliphatic heterocycles. The lowest BCUT2D eigenvalue weighted by atomic mass is 9.96. The number of halogens is 2. The summed E-state index contributed by atoms with van der Waals surface area (Å²) >= 11 is 10.6. The van der Waals surface area contributed by atoms with Gasteiger partial charge in [0.2, 0.25) is 0 Å². The number of allylic oxidation sites excluding steroid dienone is 1. The van der Waals surface area contributed by atoms with E-state index in [4.69, 9.17) is 21.1 Å². The number of ether oxygens (including phenoxy) is 2. The van der Waals surface area contributed by atoms with Gasteiger partial charge in [0.05, 0.1) is 39.6 Å². The number of thiazole rings is 1. The van der Waals surface area contributed by atoms with Crippen LogP contribution in [-0.2, 0) is 9.53 Å². The molecule has 0 amide bonds. The standard InChI is InChI=1S/C26H24BrClN2O5S/c1-5-34-25(33)21-14(4)29-26-30(22(21)15-6-8-18(9-7-15)35-13(2)3)24(32)20(36-26)11-16-10-17(27)12-19(28)23(16)31/h6-13,22,31H,5H2,1-4H3/b20-11-/t22-/m0/s1. The van der Waals surface area contributed by atoms with E-state index in [-0.39, 0.29) is 29.0 Å². The van der Waals surface area contributed by atoms with Gasteiger partial charge in [0.15, 0.2) is 4.80 Å². The minimum Gasteiger partial charge on any atom is -0.506 e. The van der Waals surface area contributed by atoms with E-state index in [0.717, 1.165) is 0 Å². The number of benzene rings is 2. The van der Waals surface area contributed by atoms with Crippen molar-refractivity contribution in [1.82, 2.24) is 4.57 Å². The van der Waals surface area contributed by atoms with Crippen LogP contribution in [0.2, 0.25) is 5.02 Å². The number of esters is 1. The third kappa shape index (κ3) is 5.14. The van der Waals surface area contributed by atoms with E-state index in [1.54, 1.807) is 32.1 Å². The van der Waals surface area contributed by atoms with Crippen molar-refractivity contribution >= 4 is 50.9 Å². The van der Waals surface area contributed by atoms with Gasteiger partial charge in [-0.1, -0.05) is 51.0 Å². The van der Waals surface area contributed by atoms with Crippen molar-refractivity contribution in [1.29, 1.82) is 0 Å². The Labute approximate surface area is 225 Å². The van der Waals surface area contributed by atoms with Crippen molar-refractivity contribution in [2.45, 2.75) is 39.8 Å². The third-order valence-corrected chi connectivity index (χ3v) is 7.16. The molecule has 188 valence electrons. The van der Waals surface area contributed by atoms with Gasteiger partial charge in [0, 0.05) is 10.0 Å². The van der Waals surface area contributed by atoms with Crippen molar-refractivity contribution in [3.8, 4) is 11.5 Å². The average Bonchev–Trinajstić information content (AvgIpc) is 3.11. The van der Waals surface area contributed by atoms with Crippen LogP contribution in [0.25, 0.3) is 6.08 Å². The third-order valence-electron chi connectivity index (χ3n) is 5.43. The van der Waals surface area contributed by atoms with Gasteiger partial charge in [-0.2, -0.15) is 0 Å². The van der Waals surface area contributed by atoms with Crippen molar-refractivity contribution in [3.63, 3.8) is 0 Å². The lowest BCUT2D eigenvalue weighted by molar-refractivity contribution is -0.139. The van der Waals surface area contributed by atoms with Crippen LogP contribution in [-0.4, -0.2) is 28.4 Å². The molecule has 4 rings (SSSR count). The van der Waals surface area contributed by atoms with Gasteiger partial charge in [-0.3, -0.25) is 9.36 Å². The molecule has 1 aromatic heterocycles. The molecule has 36 heavy (non-hydrogen) atoms. The van der Waals surface area contributed by atoms with Crippen molar-refractivity contribution in [3.05, 3.63) is 88.0 Å². The molecule has 0 radical (unpaired) electrons. The lowest BCUT2D eigenvalue weighted by Gasteiger charge is -2.25. The van der Waals surface area contributed by atoms with Crippen LogP contribution in [0.5, 0.6) is 11.5 Å². The topological polar surface area (TPSA) is 90.1 Å². The molecular formula is C26H24BrClN2O5S. The number of phenols is 1. The number of phenolic OH excluding ortho intramolecular Hbond substituents is 1. The van der Waals surface area contributed by atoms with Crippen LogP contribution >= 0.6 is 38.9 Å². The van der Waals surface area contributed by atoms with Gasteiger partial charge in [-0.25, -0.2) is 9.79 Å². The highest BCUT2D eigenvalue weighted by molar-refractivity contribution is 9.10. The second-order valence-electron chi connectivity index (χ2n) is 8.36. The van der Waals surface area contributed by atoms with Crippen molar-refractivity contribution < 1.29 is 19.4 Å². The Balaban J connectivity index is 1.93. The van der Waals surface area contributed by atoms with Gasteiger partial charge < -0.3 is 14.6 Å². The Hall–Kier alpha value is -2.88. The molecular weight excluding hydrogens is 568 g/mol. The molecule has 1 aliphatic rings. The predicted octanol–water partition coefficient (Wildman–Crippen LogP) is 4.71. The summed E-state index contributed by atoms with van der Waals surface area (Å²) in [6.07, 6.45) is 1.57. The summed E-state index contributed by atoms with van der Waals surface area (Å²) in [5.74, 6) is 0.0184. The second kappa shape index (κ2) is 10.6. The first kappa shape index (κ1) is 26.2. The zero-order chi connectivity index (χ0) is 26.1. The summed E-state index contributed by atoms with van der Waals surface area (Å²) in [4.78, 5) is 31.7. The summed E-state index contributed by atoms with van der Waals surface area (Å²) in [6, 6.07) is 9.77. The first-order valence-corrected chi connectivity index (χ1v) is 13.2. The maximum absolute atomic E-state index is 13.7. The van der Waals surface area contributed by atoms with E-state index in [1.807, 2.05) is 38.1 Å². The van der Waals surface area contributed by atoms with Crippen LogP contribution in [0.3, 0.4) is 0 Å². The van der Waals surface area contributed by atoms with E-state index < -0.39 is 12.0 Å². The SMILES string of the molecule is CCOC(=O)C1=C(C)N=c2s/c(=C\c3cc(Br)cc(Cl)c3O)c(=O)n2[C@H]1c1ccc(OC(C)C)cc1. The largest absolute Gasteiger partial charge is 0.506 e. The van der Waals surface area contributed by atoms with Crippen molar-refractivity contribution in [2.24, 2.45) is 4.99 Å². The Kier molecular flexibility index (Phi) is 7.73. The summed E-state index contributed by atoms with van der Waals surface area (Å²) < 4.78 is 13.6. The molecule has 10 heteroatoms. The monoisotopic (exact) mass is 590 g/mol. The van der Waals surface area contributed by atoms with Crippen molar-refractivity contribution in [2.75, 3.05) is 6.61 Å². The van der Waals surface area contributed by atoms with Gasteiger partial charge in [-0.05, 0) is 63.6 Å². The summed E-state index contributed by atoms with van der Waals surface area (Å²) in [5, 5.41) is 10.6. The van der Waals surface area contributed by atoms with Gasteiger partial charge >= 0.3 is 5.97 Å². The lowest BCUT2D eigenvalue weighted by Crippen LogP contribution is -2.39. The molecule has 2 aromatic carbocycles. The van der Waals surface area contributed by atoms with Crippen LogP contribution in [0.1, 0.15) is 44.9 Å². The number of hydrogen-bond donors (Lipinski definition) is 1. The highest BCUT2D eigenvalue weighted by Crippen LogP contribution is 2.33. The molecule has 7 nitrogen and oxygen atoms in total. The Morgan fingerprint density at radius 3 is 2.64 bits per heavy atom.